The van der Waals surface area contributed by atoms with E-state index in [1.54, 1.807) is 0 Å². The van der Waals surface area contributed by atoms with Gasteiger partial charge in [-0.2, -0.15) is 0 Å². The Balaban J connectivity index is 2.76. The summed E-state index contributed by atoms with van der Waals surface area (Å²) < 4.78 is 0. The topological polar surface area (TPSA) is 3.24 Å². The average Bonchev–Trinajstić information content (AvgIpc) is 2.28. The van der Waals surface area contributed by atoms with E-state index in [2.05, 4.69) is 70.8 Å². The first-order valence-electron chi connectivity index (χ1n) is 6.53. The maximum Gasteiger partial charge on any atom is 0.0402 e. The third-order valence-corrected chi connectivity index (χ3v) is 4.25. The van der Waals surface area contributed by atoms with Crippen molar-refractivity contribution in [3.63, 3.8) is 0 Å². The molecular weight excluding hydrogens is 242 g/mol. The van der Waals surface area contributed by atoms with Crippen molar-refractivity contribution in [1.82, 2.24) is 4.90 Å². The van der Waals surface area contributed by atoms with Gasteiger partial charge in [0.05, 0.1) is 0 Å². The molecule has 0 aliphatic heterocycles. The van der Waals surface area contributed by atoms with Gasteiger partial charge in [-0.05, 0) is 37.4 Å². The first kappa shape index (κ1) is 15.5. The predicted octanol–water partition coefficient (Wildman–Crippen LogP) is 4.43. The third kappa shape index (κ3) is 4.00. The van der Waals surface area contributed by atoms with Crippen molar-refractivity contribution >= 4 is 11.6 Å². The first-order valence-corrected chi connectivity index (χ1v) is 7.07. The van der Waals surface area contributed by atoms with Crippen molar-refractivity contribution in [1.29, 1.82) is 0 Å². The zero-order valence-corrected chi connectivity index (χ0v) is 13.3. The van der Waals surface area contributed by atoms with Gasteiger partial charge >= 0.3 is 0 Å². The molecule has 0 atom stereocenters. The molecule has 18 heavy (non-hydrogen) atoms. The van der Waals surface area contributed by atoms with Crippen molar-refractivity contribution in [2.75, 3.05) is 12.9 Å². The Morgan fingerprint density at radius 2 is 1.50 bits per heavy atom. The molecule has 0 saturated heterocycles. The summed E-state index contributed by atoms with van der Waals surface area (Å²) in [5.41, 5.74) is 2.97. The fourth-order valence-electron chi connectivity index (χ4n) is 1.70. The van der Waals surface area contributed by atoms with Crippen LogP contribution < -0.4 is 0 Å². The third-order valence-electron chi connectivity index (χ3n) is 3.60. The van der Waals surface area contributed by atoms with Crippen LogP contribution in [0.5, 0.6) is 0 Å². The fourth-order valence-corrected chi connectivity index (χ4v) is 1.90. The Kier molecular flexibility index (Phi) is 4.85. The Hall–Kier alpha value is -0.530. The van der Waals surface area contributed by atoms with Gasteiger partial charge in [0, 0.05) is 18.0 Å². The molecule has 0 aliphatic carbocycles. The molecule has 1 nitrogen and oxygen atoms in total. The molecule has 0 N–H and O–H groups in total. The minimum Gasteiger partial charge on any atom is -0.296 e. The monoisotopic (exact) mass is 267 g/mol. The average molecular weight is 268 g/mol. The number of hydrogen-bond donors (Lipinski definition) is 0. The van der Waals surface area contributed by atoms with Gasteiger partial charge in [0.15, 0.2) is 0 Å². The molecule has 0 aliphatic rings. The number of hydrogen-bond acceptors (Lipinski definition) is 1. The molecule has 1 aromatic carbocycles. The SMILES string of the molecule is CN(Cc1ccc(C(C)(C)C)cc1)C(C)(C)CCl. The van der Waals surface area contributed by atoms with E-state index in [1.807, 2.05) is 0 Å². The summed E-state index contributed by atoms with van der Waals surface area (Å²) in [6, 6.07) is 8.91. The second-order valence-electron chi connectivity index (χ2n) is 6.75. The molecule has 0 spiro atoms. The van der Waals surface area contributed by atoms with Gasteiger partial charge in [0.2, 0.25) is 0 Å². The molecule has 0 radical (unpaired) electrons. The molecule has 0 bridgehead atoms. The standard InChI is InChI=1S/C16H26ClN/c1-15(2,3)14-9-7-13(8-10-14)11-18(6)16(4,5)12-17/h7-10H,11-12H2,1-6H3. The van der Waals surface area contributed by atoms with Gasteiger partial charge in [-0.3, -0.25) is 4.90 Å². The summed E-state index contributed by atoms with van der Waals surface area (Å²) in [6.07, 6.45) is 0. The lowest BCUT2D eigenvalue weighted by molar-refractivity contribution is 0.171. The van der Waals surface area contributed by atoms with Crippen LogP contribution >= 0.6 is 11.6 Å². The quantitative estimate of drug-likeness (QED) is 0.730. The van der Waals surface area contributed by atoms with Crippen LogP contribution in [-0.2, 0) is 12.0 Å². The molecule has 0 amide bonds. The van der Waals surface area contributed by atoms with Gasteiger partial charge < -0.3 is 0 Å². The highest BCUT2D eigenvalue weighted by atomic mass is 35.5. The normalized spacial score (nSPS) is 13.1. The van der Waals surface area contributed by atoms with Crippen LogP contribution in [-0.4, -0.2) is 23.4 Å². The van der Waals surface area contributed by atoms with E-state index in [1.165, 1.54) is 11.1 Å². The van der Waals surface area contributed by atoms with Crippen molar-refractivity contribution < 1.29 is 0 Å². The molecule has 0 heterocycles. The van der Waals surface area contributed by atoms with Crippen LogP contribution in [0.15, 0.2) is 24.3 Å². The lowest BCUT2D eigenvalue weighted by Gasteiger charge is -2.34. The summed E-state index contributed by atoms with van der Waals surface area (Å²) in [6.45, 7) is 12.0. The van der Waals surface area contributed by atoms with Crippen molar-refractivity contribution in [2.24, 2.45) is 0 Å². The van der Waals surface area contributed by atoms with Gasteiger partial charge in [-0.1, -0.05) is 45.0 Å². The van der Waals surface area contributed by atoms with Crippen LogP contribution in [0.1, 0.15) is 45.7 Å². The molecule has 2 heteroatoms. The largest absolute Gasteiger partial charge is 0.296 e. The lowest BCUT2D eigenvalue weighted by Crippen LogP contribution is -2.42. The fraction of sp³-hybridized carbons (Fsp3) is 0.625. The van der Waals surface area contributed by atoms with Gasteiger partial charge in [0.1, 0.15) is 0 Å². The number of alkyl halides is 1. The van der Waals surface area contributed by atoms with Gasteiger partial charge in [-0.15, -0.1) is 11.6 Å². The number of rotatable bonds is 4. The smallest absolute Gasteiger partial charge is 0.0402 e. The van der Waals surface area contributed by atoms with E-state index >= 15 is 0 Å². The maximum absolute atomic E-state index is 6.00. The highest BCUT2D eigenvalue weighted by molar-refractivity contribution is 6.18. The van der Waals surface area contributed by atoms with E-state index in [9.17, 15) is 0 Å². The second-order valence-corrected chi connectivity index (χ2v) is 7.02. The zero-order chi connectivity index (χ0) is 14.0. The van der Waals surface area contributed by atoms with E-state index in [0.717, 1.165) is 6.54 Å². The molecular formula is C16H26ClN. The molecule has 0 aromatic heterocycles. The Morgan fingerprint density at radius 1 is 1.00 bits per heavy atom. The molecule has 102 valence electrons. The maximum atomic E-state index is 6.00. The summed E-state index contributed by atoms with van der Waals surface area (Å²) in [5, 5.41) is 0. The Morgan fingerprint density at radius 3 is 1.89 bits per heavy atom. The van der Waals surface area contributed by atoms with Crippen LogP contribution in [0.4, 0.5) is 0 Å². The van der Waals surface area contributed by atoms with Crippen LogP contribution in [0.25, 0.3) is 0 Å². The van der Waals surface area contributed by atoms with E-state index in [0.29, 0.717) is 5.88 Å². The van der Waals surface area contributed by atoms with E-state index in [4.69, 9.17) is 11.6 Å². The van der Waals surface area contributed by atoms with E-state index < -0.39 is 0 Å². The number of benzene rings is 1. The van der Waals surface area contributed by atoms with Crippen molar-refractivity contribution in [3.8, 4) is 0 Å². The van der Waals surface area contributed by atoms with Crippen LogP contribution in [0, 0.1) is 0 Å². The number of nitrogens with zero attached hydrogens (tertiary/aromatic N) is 1. The molecule has 0 fully saturated rings. The second kappa shape index (κ2) is 5.63. The summed E-state index contributed by atoms with van der Waals surface area (Å²) in [5.74, 6) is 0.642. The zero-order valence-electron chi connectivity index (χ0n) is 12.5. The summed E-state index contributed by atoms with van der Waals surface area (Å²) in [4.78, 5) is 2.30. The highest BCUT2D eigenvalue weighted by Gasteiger charge is 2.22. The van der Waals surface area contributed by atoms with Crippen LogP contribution in [0.2, 0.25) is 0 Å². The Bertz CT molecular complexity index is 373. The van der Waals surface area contributed by atoms with Crippen molar-refractivity contribution in [3.05, 3.63) is 35.4 Å². The highest BCUT2D eigenvalue weighted by Crippen LogP contribution is 2.23. The van der Waals surface area contributed by atoms with Gasteiger partial charge in [0.25, 0.3) is 0 Å². The molecule has 1 aromatic rings. The first-order chi connectivity index (χ1) is 8.16. The molecule has 0 saturated carbocycles. The van der Waals surface area contributed by atoms with Crippen LogP contribution in [0.3, 0.4) is 0 Å². The molecule has 0 unspecified atom stereocenters. The van der Waals surface area contributed by atoms with Crippen molar-refractivity contribution in [2.45, 2.75) is 52.1 Å². The Labute approximate surface area is 117 Å². The van der Waals surface area contributed by atoms with E-state index in [-0.39, 0.29) is 11.0 Å². The lowest BCUT2D eigenvalue weighted by atomic mass is 9.86. The summed E-state index contributed by atoms with van der Waals surface area (Å²) in [7, 11) is 2.13. The molecule has 1 rings (SSSR count). The number of halogens is 1. The van der Waals surface area contributed by atoms with Gasteiger partial charge in [-0.25, -0.2) is 0 Å². The summed E-state index contributed by atoms with van der Waals surface area (Å²) >= 11 is 6.00. The minimum atomic E-state index is 0.0320. The predicted molar refractivity (Wildman–Crippen MR) is 81.4 cm³/mol. The minimum absolute atomic E-state index is 0.0320.